The molecule has 2 aromatic carbocycles. The van der Waals surface area contributed by atoms with Crippen LogP contribution >= 0.6 is 11.6 Å². The molecule has 0 radical (unpaired) electrons. The third-order valence-corrected chi connectivity index (χ3v) is 3.81. The fourth-order valence-corrected chi connectivity index (χ4v) is 2.49. The van der Waals surface area contributed by atoms with E-state index in [1.165, 1.54) is 6.07 Å². The quantitative estimate of drug-likeness (QED) is 0.724. The summed E-state index contributed by atoms with van der Waals surface area (Å²) in [6.07, 6.45) is 0. The molecule has 0 spiro atoms. The Kier molecular flexibility index (Phi) is 3.62. The van der Waals surface area contributed by atoms with E-state index in [0.717, 1.165) is 10.1 Å². The summed E-state index contributed by atoms with van der Waals surface area (Å²) in [5.74, 6) is -0.349. The zero-order valence-electron chi connectivity index (χ0n) is 12.2. The van der Waals surface area contributed by atoms with Gasteiger partial charge in [-0.15, -0.1) is 0 Å². The molecule has 3 rings (SSSR count). The van der Waals surface area contributed by atoms with Gasteiger partial charge in [-0.05, 0) is 35.7 Å². The van der Waals surface area contributed by atoms with E-state index in [1.807, 2.05) is 12.1 Å². The van der Waals surface area contributed by atoms with Crippen molar-refractivity contribution in [2.24, 2.45) is 0 Å². The Morgan fingerprint density at radius 1 is 1.05 bits per heavy atom. The number of fused-ring (bicyclic) bond motifs is 1. The second kappa shape index (κ2) is 5.46. The first-order chi connectivity index (χ1) is 10.5. The van der Waals surface area contributed by atoms with Crippen molar-refractivity contribution in [2.75, 3.05) is 0 Å². The van der Waals surface area contributed by atoms with Crippen molar-refractivity contribution in [1.82, 2.24) is 4.57 Å². The van der Waals surface area contributed by atoms with Gasteiger partial charge in [-0.25, -0.2) is 9.36 Å². The number of hydrogen-bond donors (Lipinski definition) is 0. The van der Waals surface area contributed by atoms with Crippen LogP contribution in [0.4, 0.5) is 0 Å². The average molecular weight is 316 g/mol. The largest absolute Gasteiger partial charge is 0.426 e. The van der Waals surface area contributed by atoms with Crippen molar-refractivity contribution >= 4 is 22.6 Å². The lowest BCUT2D eigenvalue weighted by Crippen LogP contribution is -2.30. The van der Waals surface area contributed by atoms with Crippen LogP contribution in [0.15, 0.2) is 56.5 Å². The number of rotatable bonds is 2. The van der Waals surface area contributed by atoms with E-state index in [9.17, 15) is 9.59 Å². The summed E-state index contributed by atoms with van der Waals surface area (Å²) in [6, 6.07) is 11.9. The maximum atomic E-state index is 12.5. The highest BCUT2D eigenvalue weighted by Crippen LogP contribution is 2.18. The molecule has 112 valence electrons. The molecule has 1 heterocycles. The maximum Gasteiger partial charge on any atom is 0.426 e. The Hall–Kier alpha value is -2.33. The van der Waals surface area contributed by atoms with Gasteiger partial charge in [0.25, 0.3) is 5.56 Å². The SMILES string of the molecule is CC(C)c1ccc(-n2c(=O)oc3cc(Cl)ccc3c2=O)cc1. The van der Waals surface area contributed by atoms with Crippen molar-refractivity contribution < 1.29 is 4.42 Å². The lowest BCUT2D eigenvalue weighted by atomic mass is 10.0. The molecule has 0 saturated carbocycles. The number of halogens is 1. The highest BCUT2D eigenvalue weighted by Gasteiger charge is 2.12. The van der Waals surface area contributed by atoms with E-state index in [0.29, 0.717) is 22.0 Å². The second-order valence-electron chi connectivity index (χ2n) is 5.40. The minimum atomic E-state index is -0.725. The monoisotopic (exact) mass is 315 g/mol. The first-order valence-electron chi connectivity index (χ1n) is 6.93. The summed E-state index contributed by atoms with van der Waals surface area (Å²) < 4.78 is 6.24. The maximum absolute atomic E-state index is 12.5. The summed E-state index contributed by atoms with van der Waals surface area (Å²) >= 11 is 5.86. The van der Waals surface area contributed by atoms with E-state index in [1.54, 1.807) is 24.3 Å². The molecule has 0 N–H and O–H groups in total. The van der Waals surface area contributed by atoms with Crippen LogP contribution in [0, 0.1) is 0 Å². The van der Waals surface area contributed by atoms with Gasteiger partial charge in [0, 0.05) is 11.1 Å². The second-order valence-corrected chi connectivity index (χ2v) is 5.83. The van der Waals surface area contributed by atoms with Crippen LogP contribution in [0.25, 0.3) is 16.7 Å². The Balaban J connectivity index is 2.25. The number of aromatic nitrogens is 1. The van der Waals surface area contributed by atoms with Gasteiger partial charge in [0.15, 0.2) is 0 Å². The van der Waals surface area contributed by atoms with Gasteiger partial charge in [0.1, 0.15) is 5.58 Å². The zero-order chi connectivity index (χ0) is 15.9. The smallest absolute Gasteiger partial charge is 0.409 e. The van der Waals surface area contributed by atoms with Crippen LogP contribution in [-0.2, 0) is 0 Å². The molecule has 0 amide bonds. The van der Waals surface area contributed by atoms with Gasteiger partial charge in [-0.1, -0.05) is 37.6 Å². The van der Waals surface area contributed by atoms with Gasteiger partial charge in [0.05, 0.1) is 11.1 Å². The molecular weight excluding hydrogens is 302 g/mol. The van der Waals surface area contributed by atoms with E-state index in [2.05, 4.69) is 13.8 Å². The summed E-state index contributed by atoms with van der Waals surface area (Å²) in [6.45, 7) is 4.16. The van der Waals surface area contributed by atoms with Crippen molar-refractivity contribution in [3.05, 3.63) is 74.0 Å². The number of benzene rings is 2. The first kappa shape index (κ1) is 14.6. The molecule has 0 aliphatic rings. The molecule has 22 heavy (non-hydrogen) atoms. The minimum Gasteiger partial charge on any atom is -0.409 e. The summed E-state index contributed by atoms with van der Waals surface area (Å²) in [7, 11) is 0. The average Bonchev–Trinajstić information content (AvgIpc) is 2.47. The molecule has 0 fully saturated rings. The normalized spacial score (nSPS) is 11.3. The summed E-state index contributed by atoms with van der Waals surface area (Å²) in [5, 5.41) is 0.728. The lowest BCUT2D eigenvalue weighted by Gasteiger charge is -2.08. The summed E-state index contributed by atoms with van der Waals surface area (Å²) in [4.78, 5) is 24.7. The Labute approximate surface area is 131 Å². The van der Waals surface area contributed by atoms with Gasteiger partial charge < -0.3 is 4.42 Å². The van der Waals surface area contributed by atoms with Gasteiger partial charge in [-0.2, -0.15) is 0 Å². The molecular formula is C17H14ClNO3. The molecule has 0 aliphatic carbocycles. The van der Waals surface area contributed by atoms with E-state index >= 15 is 0 Å². The van der Waals surface area contributed by atoms with Crippen LogP contribution in [0.2, 0.25) is 5.02 Å². The van der Waals surface area contributed by atoms with Crippen molar-refractivity contribution in [3.63, 3.8) is 0 Å². The van der Waals surface area contributed by atoms with E-state index in [4.69, 9.17) is 16.0 Å². The Morgan fingerprint density at radius 2 is 1.73 bits per heavy atom. The van der Waals surface area contributed by atoms with Crippen LogP contribution in [0.3, 0.4) is 0 Å². The lowest BCUT2D eigenvalue weighted by molar-refractivity contribution is 0.504. The van der Waals surface area contributed by atoms with Gasteiger partial charge in [0.2, 0.25) is 0 Å². The van der Waals surface area contributed by atoms with Gasteiger partial charge >= 0.3 is 5.76 Å². The third kappa shape index (κ3) is 2.46. The Bertz CT molecular complexity index is 952. The molecule has 0 unspecified atom stereocenters. The van der Waals surface area contributed by atoms with Crippen LogP contribution in [0.1, 0.15) is 25.3 Å². The molecule has 1 aromatic heterocycles. The fraction of sp³-hybridized carbons (Fsp3) is 0.176. The molecule has 0 atom stereocenters. The van der Waals surface area contributed by atoms with Crippen LogP contribution in [-0.4, -0.2) is 4.57 Å². The van der Waals surface area contributed by atoms with Gasteiger partial charge in [-0.3, -0.25) is 4.79 Å². The highest BCUT2D eigenvalue weighted by atomic mass is 35.5. The predicted molar refractivity (Wildman–Crippen MR) is 87.2 cm³/mol. The first-order valence-corrected chi connectivity index (χ1v) is 7.31. The highest BCUT2D eigenvalue weighted by molar-refractivity contribution is 6.31. The van der Waals surface area contributed by atoms with Crippen LogP contribution < -0.4 is 11.3 Å². The van der Waals surface area contributed by atoms with Crippen LogP contribution in [0.5, 0.6) is 0 Å². The third-order valence-electron chi connectivity index (χ3n) is 3.57. The molecule has 0 aliphatic heterocycles. The molecule has 4 nitrogen and oxygen atoms in total. The van der Waals surface area contributed by atoms with Crippen molar-refractivity contribution in [2.45, 2.75) is 19.8 Å². The molecule has 5 heteroatoms. The predicted octanol–water partition coefficient (Wildman–Crippen LogP) is 3.72. The minimum absolute atomic E-state index is 0.192. The van der Waals surface area contributed by atoms with Crippen molar-refractivity contribution in [3.8, 4) is 5.69 Å². The van der Waals surface area contributed by atoms with Crippen molar-refractivity contribution in [1.29, 1.82) is 0 Å². The standard InChI is InChI=1S/C17H14ClNO3/c1-10(2)11-3-6-13(7-4-11)19-16(20)14-8-5-12(18)9-15(14)22-17(19)21/h3-10H,1-2H3. The topological polar surface area (TPSA) is 52.2 Å². The molecule has 0 saturated heterocycles. The number of nitrogens with zero attached hydrogens (tertiary/aromatic N) is 1. The fourth-order valence-electron chi connectivity index (χ4n) is 2.33. The number of hydrogen-bond acceptors (Lipinski definition) is 3. The molecule has 3 aromatic rings. The van der Waals surface area contributed by atoms with E-state index in [-0.39, 0.29) is 5.58 Å². The zero-order valence-corrected chi connectivity index (χ0v) is 12.9. The summed E-state index contributed by atoms with van der Waals surface area (Å²) in [5.41, 5.74) is 1.39. The molecule has 0 bridgehead atoms. The van der Waals surface area contributed by atoms with E-state index < -0.39 is 11.3 Å². The Morgan fingerprint density at radius 3 is 2.36 bits per heavy atom.